The number of carboxylic acid groups (broad SMARTS) is 1. The maximum Gasteiger partial charge on any atom is 0.317 e. The lowest BCUT2D eigenvalue weighted by molar-refractivity contribution is -0.138. The van der Waals surface area contributed by atoms with Crippen molar-refractivity contribution in [1.82, 2.24) is 19.9 Å². The fourth-order valence-corrected chi connectivity index (χ4v) is 2.41. The van der Waals surface area contributed by atoms with Crippen LogP contribution in [0.3, 0.4) is 0 Å². The van der Waals surface area contributed by atoms with Crippen molar-refractivity contribution in [3.8, 4) is 10.8 Å². The minimum absolute atomic E-state index is 0.0449. The van der Waals surface area contributed by atoms with Gasteiger partial charge in [-0.1, -0.05) is 11.2 Å². The van der Waals surface area contributed by atoms with Gasteiger partial charge in [-0.3, -0.25) is 9.69 Å². The molecule has 0 atom stereocenters. The highest BCUT2D eigenvalue weighted by Crippen LogP contribution is 2.22. The van der Waals surface area contributed by atoms with Crippen LogP contribution in [0.15, 0.2) is 22.0 Å². The fraction of sp³-hybridized carbons (Fsp3) is 0.462. The van der Waals surface area contributed by atoms with Gasteiger partial charge in [0, 0.05) is 13.1 Å². The van der Waals surface area contributed by atoms with Gasteiger partial charge in [0.1, 0.15) is 0 Å². The summed E-state index contributed by atoms with van der Waals surface area (Å²) in [5.41, 5.74) is 0. The second kappa shape index (κ2) is 7.30. The first-order valence-corrected chi connectivity index (χ1v) is 7.38. The molecule has 0 saturated carbocycles. The summed E-state index contributed by atoms with van der Waals surface area (Å²) in [6, 6.07) is 3.82. The Morgan fingerprint density at radius 1 is 1.43 bits per heavy atom. The van der Waals surface area contributed by atoms with Crippen LogP contribution in [0, 0.1) is 0 Å². The lowest BCUT2D eigenvalue weighted by Gasteiger charge is -2.20. The first-order chi connectivity index (χ1) is 10.0. The Balaban J connectivity index is 2.00. The maximum atomic E-state index is 10.9. The Labute approximate surface area is 126 Å². The number of nitrogens with zero attached hydrogens (tertiary/aromatic N) is 4. The van der Waals surface area contributed by atoms with E-state index in [-0.39, 0.29) is 6.54 Å². The van der Waals surface area contributed by atoms with E-state index >= 15 is 0 Å². The lowest BCUT2D eigenvalue weighted by Crippen LogP contribution is -2.35. The van der Waals surface area contributed by atoms with Crippen molar-refractivity contribution in [2.24, 2.45) is 0 Å². The smallest absolute Gasteiger partial charge is 0.317 e. The van der Waals surface area contributed by atoms with Crippen LogP contribution in [0.5, 0.6) is 0 Å². The number of likely N-dealkylation sites (N-methyl/N-ethyl adjacent to an activating group) is 1. The first-order valence-electron chi connectivity index (χ1n) is 6.50. The predicted octanol–water partition coefficient (Wildman–Crippen LogP) is 1.25. The number of rotatable bonds is 8. The van der Waals surface area contributed by atoms with E-state index in [0.29, 0.717) is 24.8 Å². The van der Waals surface area contributed by atoms with Crippen molar-refractivity contribution < 1.29 is 14.4 Å². The van der Waals surface area contributed by atoms with Crippen LogP contribution in [0.25, 0.3) is 10.8 Å². The van der Waals surface area contributed by atoms with Gasteiger partial charge in [-0.05, 0) is 25.5 Å². The molecule has 0 amide bonds. The fourth-order valence-electron chi connectivity index (χ4n) is 1.77. The third-order valence-corrected chi connectivity index (χ3v) is 3.65. The molecule has 0 unspecified atom stereocenters. The molecule has 2 aromatic heterocycles. The molecule has 0 bridgehead atoms. The third-order valence-electron chi connectivity index (χ3n) is 2.79. The van der Waals surface area contributed by atoms with E-state index in [4.69, 9.17) is 9.63 Å². The monoisotopic (exact) mass is 310 g/mol. The SMILES string of the molecule is CN(C)CCN(CC(=O)O)Cc1noc(-c2cccs2)n1. The predicted molar refractivity (Wildman–Crippen MR) is 79.1 cm³/mol. The quantitative estimate of drug-likeness (QED) is 0.785. The zero-order valence-electron chi connectivity index (χ0n) is 12.0. The Hall–Kier alpha value is -1.77. The van der Waals surface area contributed by atoms with Crippen LogP contribution in [0.4, 0.5) is 0 Å². The molecule has 0 saturated heterocycles. The maximum absolute atomic E-state index is 10.9. The van der Waals surface area contributed by atoms with Gasteiger partial charge in [-0.15, -0.1) is 11.3 Å². The van der Waals surface area contributed by atoms with Gasteiger partial charge in [0.25, 0.3) is 5.89 Å². The second-order valence-corrected chi connectivity index (χ2v) is 5.85. The average molecular weight is 310 g/mol. The Morgan fingerprint density at radius 2 is 2.24 bits per heavy atom. The van der Waals surface area contributed by atoms with Gasteiger partial charge >= 0.3 is 5.97 Å². The minimum Gasteiger partial charge on any atom is -0.480 e. The third kappa shape index (κ3) is 4.92. The highest BCUT2D eigenvalue weighted by molar-refractivity contribution is 7.13. The molecule has 114 valence electrons. The van der Waals surface area contributed by atoms with Crippen LogP contribution in [-0.4, -0.2) is 64.7 Å². The molecule has 21 heavy (non-hydrogen) atoms. The molecule has 7 nitrogen and oxygen atoms in total. The first kappa shape index (κ1) is 15.6. The van der Waals surface area contributed by atoms with E-state index in [1.165, 1.54) is 11.3 Å². The lowest BCUT2D eigenvalue weighted by atomic mass is 10.4. The molecule has 2 heterocycles. The van der Waals surface area contributed by atoms with Crippen LogP contribution >= 0.6 is 11.3 Å². The molecule has 2 aromatic rings. The molecule has 1 N–H and O–H groups in total. The number of hydrogen-bond acceptors (Lipinski definition) is 7. The molecule has 0 aliphatic heterocycles. The van der Waals surface area contributed by atoms with Crippen LogP contribution in [0.2, 0.25) is 0 Å². The largest absolute Gasteiger partial charge is 0.480 e. The molecule has 0 spiro atoms. The van der Waals surface area contributed by atoms with E-state index in [1.807, 2.05) is 36.5 Å². The zero-order chi connectivity index (χ0) is 15.2. The number of aliphatic carboxylic acids is 1. The molecule has 2 rings (SSSR count). The Bertz CT molecular complexity index is 568. The normalized spacial score (nSPS) is 11.4. The van der Waals surface area contributed by atoms with Gasteiger partial charge in [-0.2, -0.15) is 4.98 Å². The number of carbonyl (C=O) groups is 1. The molecule has 0 radical (unpaired) electrons. The number of thiophene rings is 1. The Kier molecular flexibility index (Phi) is 5.43. The second-order valence-electron chi connectivity index (χ2n) is 4.90. The zero-order valence-corrected chi connectivity index (χ0v) is 12.8. The van der Waals surface area contributed by atoms with Gasteiger partial charge in [0.15, 0.2) is 5.82 Å². The highest BCUT2D eigenvalue weighted by atomic mass is 32.1. The van der Waals surface area contributed by atoms with E-state index < -0.39 is 5.97 Å². The van der Waals surface area contributed by atoms with E-state index in [0.717, 1.165) is 11.4 Å². The molecule has 0 aromatic carbocycles. The van der Waals surface area contributed by atoms with Crippen LogP contribution in [-0.2, 0) is 11.3 Å². The summed E-state index contributed by atoms with van der Waals surface area (Å²) < 4.78 is 5.21. The number of aromatic nitrogens is 2. The Morgan fingerprint density at radius 3 is 2.86 bits per heavy atom. The summed E-state index contributed by atoms with van der Waals surface area (Å²) in [5.74, 6) is 0.108. The van der Waals surface area contributed by atoms with E-state index in [1.54, 1.807) is 4.90 Å². The standard InChI is InChI=1S/C13H18N4O3S/c1-16(2)5-6-17(9-12(18)19)8-11-14-13(20-15-11)10-4-3-7-21-10/h3-4,7H,5-6,8-9H2,1-2H3,(H,18,19). The van der Waals surface area contributed by atoms with Gasteiger partial charge < -0.3 is 14.5 Å². The molecule has 0 aliphatic rings. The topological polar surface area (TPSA) is 82.7 Å². The van der Waals surface area contributed by atoms with Crippen molar-refractivity contribution in [3.63, 3.8) is 0 Å². The van der Waals surface area contributed by atoms with Crippen molar-refractivity contribution in [3.05, 3.63) is 23.3 Å². The minimum atomic E-state index is -0.865. The number of hydrogen-bond donors (Lipinski definition) is 1. The summed E-state index contributed by atoms with van der Waals surface area (Å²) >= 11 is 1.52. The summed E-state index contributed by atoms with van der Waals surface area (Å²) in [4.78, 5) is 19.9. The number of carboxylic acids is 1. The van der Waals surface area contributed by atoms with Gasteiger partial charge in [0.2, 0.25) is 0 Å². The van der Waals surface area contributed by atoms with Crippen molar-refractivity contribution in [2.45, 2.75) is 6.54 Å². The average Bonchev–Trinajstić information content (AvgIpc) is 3.05. The van der Waals surface area contributed by atoms with Crippen molar-refractivity contribution in [2.75, 3.05) is 33.7 Å². The summed E-state index contributed by atoms with van der Waals surface area (Å²) in [6.07, 6.45) is 0. The van der Waals surface area contributed by atoms with Gasteiger partial charge in [0.05, 0.1) is 18.0 Å². The summed E-state index contributed by atoms with van der Waals surface area (Å²) in [7, 11) is 3.89. The highest BCUT2D eigenvalue weighted by Gasteiger charge is 2.15. The van der Waals surface area contributed by atoms with Crippen molar-refractivity contribution in [1.29, 1.82) is 0 Å². The van der Waals surface area contributed by atoms with Crippen molar-refractivity contribution >= 4 is 17.3 Å². The van der Waals surface area contributed by atoms with Crippen LogP contribution in [0.1, 0.15) is 5.82 Å². The molecular weight excluding hydrogens is 292 g/mol. The summed E-state index contributed by atoms with van der Waals surface area (Å²) in [5, 5.41) is 14.8. The van der Waals surface area contributed by atoms with E-state index in [2.05, 4.69) is 10.1 Å². The molecular formula is C13H18N4O3S. The summed E-state index contributed by atoms with van der Waals surface area (Å²) in [6.45, 7) is 1.71. The molecule has 0 fully saturated rings. The molecule has 8 heteroatoms. The molecule has 0 aliphatic carbocycles. The van der Waals surface area contributed by atoms with E-state index in [9.17, 15) is 4.79 Å². The van der Waals surface area contributed by atoms with Gasteiger partial charge in [-0.25, -0.2) is 0 Å². The van der Waals surface area contributed by atoms with Crippen LogP contribution < -0.4 is 0 Å².